The summed E-state index contributed by atoms with van der Waals surface area (Å²) in [5.41, 5.74) is 0.639. The number of urea groups is 1. The van der Waals surface area contributed by atoms with Gasteiger partial charge in [0.2, 0.25) is 5.91 Å². The van der Waals surface area contributed by atoms with Gasteiger partial charge in [0.15, 0.2) is 0 Å². The number of nitrogens with zero attached hydrogens (tertiary/aromatic N) is 3. The predicted molar refractivity (Wildman–Crippen MR) is 108 cm³/mol. The van der Waals surface area contributed by atoms with Crippen molar-refractivity contribution in [1.82, 2.24) is 14.7 Å². The topological polar surface area (TPSA) is 65.1 Å². The smallest absolute Gasteiger partial charge is 0.322 e. The third-order valence-electron chi connectivity index (χ3n) is 5.13. The van der Waals surface area contributed by atoms with E-state index in [0.29, 0.717) is 44.2 Å². The van der Waals surface area contributed by atoms with Gasteiger partial charge in [0.05, 0.1) is 19.3 Å². The molecule has 0 aromatic heterocycles. The van der Waals surface area contributed by atoms with Gasteiger partial charge in [0.1, 0.15) is 5.75 Å². The van der Waals surface area contributed by atoms with Gasteiger partial charge in [0, 0.05) is 43.7 Å². The molecule has 1 aromatic carbocycles. The number of amides is 3. The van der Waals surface area contributed by atoms with Crippen LogP contribution in [0.5, 0.6) is 5.75 Å². The lowest BCUT2D eigenvalue weighted by Crippen LogP contribution is -2.52. The molecule has 2 aliphatic heterocycles. The largest absolute Gasteiger partial charge is 0.495 e. The van der Waals surface area contributed by atoms with Crippen molar-refractivity contribution in [2.75, 3.05) is 58.2 Å². The number of methoxy groups -OCH3 is 1. The van der Waals surface area contributed by atoms with Gasteiger partial charge in [0.25, 0.3) is 0 Å². The highest BCUT2D eigenvalue weighted by Gasteiger charge is 2.25. The fourth-order valence-electron chi connectivity index (χ4n) is 3.52. The maximum Gasteiger partial charge on any atom is 0.322 e. The highest BCUT2D eigenvalue weighted by atomic mass is 79.9. The van der Waals surface area contributed by atoms with Gasteiger partial charge < -0.3 is 19.9 Å². The molecule has 2 fully saturated rings. The van der Waals surface area contributed by atoms with Gasteiger partial charge in [-0.1, -0.05) is 15.9 Å². The van der Waals surface area contributed by atoms with Crippen LogP contribution in [0.4, 0.5) is 10.5 Å². The van der Waals surface area contributed by atoms with E-state index < -0.39 is 0 Å². The van der Waals surface area contributed by atoms with Gasteiger partial charge >= 0.3 is 6.03 Å². The summed E-state index contributed by atoms with van der Waals surface area (Å²) in [4.78, 5) is 30.9. The zero-order chi connectivity index (χ0) is 19.2. The molecule has 0 radical (unpaired) electrons. The number of piperidine rings is 1. The maximum atomic E-state index is 12.6. The molecule has 7 nitrogen and oxygen atoms in total. The minimum atomic E-state index is -0.145. The average Bonchev–Trinajstić information content (AvgIpc) is 2.69. The maximum absolute atomic E-state index is 12.6. The van der Waals surface area contributed by atoms with Crippen LogP contribution in [0, 0.1) is 0 Å². The standard InChI is InChI=1S/C19H27BrN4O3/c1-27-17-6-5-15(20)13-16(17)21-19(26)24-11-9-22(10-12-24)14-18(25)23-7-3-2-4-8-23/h5-6,13H,2-4,7-12,14H2,1H3,(H,21,26). The number of carbonyl (C=O) groups excluding carboxylic acids is 2. The minimum absolute atomic E-state index is 0.145. The summed E-state index contributed by atoms with van der Waals surface area (Å²) >= 11 is 3.41. The van der Waals surface area contributed by atoms with Crippen LogP contribution in [-0.2, 0) is 4.79 Å². The number of nitrogens with one attached hydrogen (secondary N) is 1. The van der Waals surface area contributed by atoms with Gasteiger partial charge in [-0.05, 0) is 37.5 Å². The van der Waals surface area contributed by atoms with E-state index >= 15 is 0 Å². The number of piperazine rings is 1. The second kappa shape index (κ2) is 9.41. The molecule has 2 saturated heterocycles. The molecule has 1 N–H and O–H groups in total. The molecule has 8 heteroatoms. The molecule has 0 atom stereocenters. The Morgan fingerprint density at radius 1 is 1.04 bits per heavy atom. The molecule has 0 unspecified atom stereocenters. The van der Waals surface area contributed by atoms with E-state index in [-0.39, 0.29) is 11.9 Å². The van der Waals surface area contributed by atoms with E-state index in [2.05, 4.69) is 26.1 Å². The van der Waals surface area contributed by atoms with Crippen molar-refractivity contribution < 1.29 is 14.3 Å². The fraction of sp³-hybridized carbons (Fsp3) is 0.579. The number of carbonyl (C=O) groups is 2. The first-order chi connectivity index (χ1) is 13.1. The monoisotopic (exact) mass is 438 g/mol. The van der Waals surface area contributed by atoms with Crippen molar-refractivity contribution >= 4 is 33.6 Å². The Hall–Kier alpha value is -1.80. The van der Waals surface area contributed by atoms with Crippen LogP contribution in [0.3, 0.4) is 0 Å². The second-order valence-corrected chi connectivity index (χ2v) is 7.90. The minimum Gasteiger partial charge on any atom is -0.495 e. The zero-order valence-corrected chi connectivity index (χ0v) is 17.3. The van der Waals surface area contributed by atoms with Gasteiger partial charge in [-0.15, -0.1) is 0 Å². The first kappa shape index (κ1) is 19.9. The molecule has 2 heterocycles. The molecule has 0 saturated carbocycles. The number of rotatable bonds is 4. The summed E-state index contributed by atoms with van der Waals surface area (Å²) in [5.74, 6) is 0.837. The third-order valence-corrected chi connectivity index (χ3v) is 5.62. The lowest BCUT2D eigenvalue weighted by Gasteiger charge is -2.36. The Morgan fingerprint density at radius 2 is 1.74 bits per heavy atom. The molecule has 3 amide bonds. The van der Waals surface area contributed by atoms with E-state index in [4.69, 9.17) is 4.74 Å². The summed E-state index contributed by atoms with van der Waals surface area (Å²) < 4.78 is 6.18. The van der Waals surface area contributed by atoms with Gasteiger partial charge in [-0.3, -0.25) is 9.69 Å². The summed E-state index contributed by atoms with van der Waals surface area (Å²) in [7, 11) is 1.58. The molecule has 1 aromatic rings. The molecule has 3 rings (SSSR count). The van der Waals surface area contributed by atoms with Crippen LogP contribution >= 0.6 is 15.9 Å². The normalized spacial score (nSPS) is 18.3. The number of hydrogen-bond acceptors (Lipinski definition) is 4. The molecule has 27 heavy (non-hydrogen) atoms. The van der Waals surface area contributed by atoms with Crippen molar-refractivity contribution in [3.8, 4) is 5.75 Å². The van der Waals surface area contributed by atoms with E-state index in [0.717, 1.165) is 30.4 Å². The average molecular weight is 439 g/mol. The Balaban J connectivity index is 1.48. The molecular formula is C19H27BrN4O3. The Bertz CT molecular complexity index is 671. The number of benzene rings is 1. The lowest BCUT2D eigenvalue weighted by molar-refractivity contribution is -0.133. The number of hydrogen-bond donors (Lipinski definition) is 1. The van der Waals surface area contributed by atoms with Crippen LogP contribution in [0.1, 0.15) is 19.3 Å². The molecule has 148 valence electrons. The fourth-order valence-corrected chi connectivity index (χ4v) is 3.88. The molecular weight excluding hydrogens is 412 g/mol. The van der Waals surface area contributed by atoms with Crippen LogP contribution in [0.15, 0.2) is 22.7 Å². The van der Waals surface area contributed by atoms with Crippen LogP contribution in [-0.4, -0.2) is 79.6 Å². The molecule has 0 bridgehead atoms. The van der Waals surface area contributed by atoms with Crippen LogP contribution < -0.4 is 10.1 Å². The van der Waals surface area contributed by atoms with Gasteiger partial charge in [-0.25, -0.2) is 4.79 Å². The highest BCUT2D eigenvalue weighted by molar-refractivity contribution is 9.10. The zero-order valence-electron chi connectivity index (χ0n) is 15.7. The molecule has 0 aliphatic carbocycles. The summed E-state index contributed by atoms with van der Waals surface area (Å²) in [5, 5.41) is 2.92. The number of anilines is 1. The van der Waals surface area contributed by atoms with Crippen molar-refractivity contribution in [2.24, 2.45) is 0 Å². The highest BCUT2D eigenvalue weighted by Crippen LogP contribution is 2.28. The summed E-state index contributed by atoms with van der Waals surface area (Å²) in [6.45, 7) is 4.86. The Morgan fingerprint density at radius 3 is 2.41 bits per heavy atom. The summed E-state index contributed by atoms with van der Waals surface area (Å²) in [6, 6.07) is 5.36. The number of likely N-dealkylation sites (tertiary alicyclic amines) is 1. The van der Waals surface area contributed by atoms with Crippen molar-refractivity contribution in [2.45, 2.75) is 19.3 Å². The third kappa shape index (κ3) is 5.35. The first-order valence-electron chi connectivity index (χ1n) is 9.46. The van der Waals surface area contributed by atoms with Crippen LogP contribution in [0.25, 0.3) is 0 Å². The molecule has 2 aliphatic rings. The Kier molecular flexibility index (Phi) is 6.95. The van der Waals surface area contributed by atoms with E-state index in [9.17, 15) is 9.59 Å². The van der Waals surface area contributed by atoms with Crippen molar-refractivity contribution in [3.63, 3.8) is 0 Å². The molecule has 0 spiro atoms. The number of ether oxygens (including phenoxy) is 1. The quantitative estimate of drug-likeness (QED) is 0.784. The van der Waals surface area contributed by atoms with Crippen LogP contribution in [0.2, 0.25) is 0 Å². The first-order valence-corrected chi connectivity index (χ1v) is 10.3. The van der Waals surface area contributed by atoms with Gasteiger partial charge in [-0.2, -0.15) is 0 Å². The lowest BCUT2D eigenvalue weighted by atomic mass is 10.1. The van der Waals surface area contributed by atoms with Crippen molar-refractivity contribution in [3.05, 3.63) is 22.7 Å². The predicted octanol–water partition coefficient (Wildman–Crippen LogP) is 2.62. The van der Waals surface area contributed by atoms with E-state index in [1.54, 1.807) is 12.0 Å². The second-order valence-electron chi connectivity index (χ2n) is 6.98. The van der Waals surface area contributed by atoms with Crippen molar-refractivity contribution in [1.29, 1.82) is 0 Å². The summed E-state index contributed by atoms with van der Waals surface area (Å²) in [6.07, 6.45) is 3.44. The van der Waals surface area contributed by atoms with E-state index in [1.807, 2.05) is 23.1 Å². The SMILES string of the molecule is COc1ccc(Br)cc1NC(=O)N1CCN(CC(=O)N2CCCCC2)CC1. The van der Waals surface area contributed by atoms with E-state index in [1.165, 1.54) is 6.42 Å². The Labute approximate surface area is 168 Å². The number of halogens is 1.